The molecule has 0 aliphatic carbocycles. The Hall–Kier alpha value is -3.26. The molecule has 7 nitrogen and oxygen atoms in total. The van der Waals surface area contributed by atoms with Gasteiger partial charge in [-0.25, -0.2) is 4.98 Å². The van der Waals surface area contributed by atoms with Gasteiger partial charge in [0, 0.05) is 34.8 Å². The highest BCUT2D eigenvalue weighted by atomic mass is 16.5. The highest BCUT2D eigenvalue weighted by Crippen LogP contribution is 2.34. The second-order valence-electron chi connectivity index (χ2n) is 8.38. The van der Waals surface area contributed by atoms with Crippen LogP contribution in [0.1, 0.15) is 22.9 Å². The molecule has 1 atom stereocenters. The lowest BCUT2D eigenvalue weighted by Crippen LogP contribution is -2.22. The zero-order valence-electron chi connectivity index (χ0n) is 17.7. The van der Waals surface area contributed by atoms with Crippen molar-refractivity contribution >= 4 is 11.0 Å². The maximum absolute atomic E-state index is 10.3. The minimum atomic E-state index is -0.725. The van der Waals surface area contributed by atoms with Crippen LogP contribution in [0.2, 0.25) is 0 Å². The van der Waals surface area contributed by atoms with Crippen LogP contribution in [0, 0.1) is 0 Å². The van der Waals surface area contributed by atoms with E-state index in [-0.39, 0.29) is 0 Å². The summed E-state index contributed by atoms with van der Waals surface area (Å²) in [5.41, 5.74) is 8.36. The summed E-state index contributed by atoms with van der Waals surface area (Å²) in [5, 5.41) is 25.3. The summed E-state index contributed by atoms with van der Waals surface area (Å²) < 4.78 is 5.85. The molecule has 0 saturated heterocycles. The van der Waals surface area contributed by atoms with Crippen LogP contribution in [0.5, 0.6) is 5.75 Å². The van der Waals surface area contributed by atoms with Crippen molar-refractivity contribution in [3.63, 3.8) is 0 Å². The van der Waals surface area contributed by atoms with Gasteiger partial charge in [-0.15, -0.1) is 0 Å². The predicted molar refractivity (Wildman–Crippen MR) is 123 cm³/mol. The highest BCUT2D eigenvalue weighted by Gasteiger charge is 2.19. The fourth-order valence-corrected chi connectivity index (χ4v) is 4.64. The number of aromatic amines is 1. The standard InChI is InChI=1S/C25H25N5O2/c31-25-20-4-3-18(13-22(20)32-10-9-27-25)23-21-12-19(14-28-24(21)30-29-23)16-2-1-15-5-7-26-8-6-17(15)11-16/h1-4,11-14,25-27,31H,5-10H2,(H,28,29,30). The van der Waals surface area contributed by atoms with Gasteiger partial charge in [-0.2, -0.15) is 5.10 Å². The van der Waals surface area contributed by atoms with Crippen molar-refractivity contribution in [3.05, 3.63) is 65.4 Å². The van der Waals surface area contributed by atoms with Gasteiger partial charge in [0.2, 0.25) is 0 Å². The molecule has 2 aromatic heterocycles. The molecule has 4 aromatic rings. The molecule has 7 heteroatoms. The maximum Gasteiger partial charge on any atom is 0.181 e. The van der Waals surface area contributed by atoms with E-state index in [0.717, 1.165) is 53.7 Å². The smallest absolute Gasteiger partial charge is 0.181 e. The Kier molecular flexibility index (Phi) is 4.87. The topological polar surface area (TPSA) is 95.1 Å². The van der Waals surface area contributed by atoms with Gasteiger partial charge < -0.3 is 15.2 Å². The Labute approximate surface area is 185 Å². The molecular weight excluding hydrogens is 402 g/mol. The fraction of sp³-hybridized carbons (Fsp3) is 0.280. The van der Waals surface area contributed by atoms with E-state index in [4.69, 9.17) is 4.74 Å². The van der Waals surface area contributed by atoms with Gasteiger partial charge in [0.05, 0.1) is 5.69 Å². The normalized spacial score (nSPS) is 18.3. The number of pyridine rings is 1. The number of hydrogen-bond donors (Lipinski definition) is 4. The fourth-order valence-electron chi connectivity index (χ4n) is 4.64. The number of fused-ring (bicyclic) bond motifs is 3. The van der Waals surface area contributed by atoms with Crippen LogP contribution in [0.15, 0.2) is 48.7 Å². The summed E-state index contributed by atoms with van der Waals surface area (Å²) in [6.45, 7) is 3.17. The molecule has 2 aliphatic heterocycles. The van der Waals surface area contributed by atoms with Crippen molar-refractivity contribution in [2.45, 2.75) is 19.1 Å². The van der Waals surface area contributed by atoms with Crippen molar-refractivity contribution in [1.82, 2.24) is 25.8 Å². The first kappa shape index (κ1) is 19.4. The number of aliphatic hydroxyl groups excluding tert-OH is 1. The second kappa shape index (κ2) is 8.02. The van der Waals surface area contributed by atoms with Crippen LogP contribution in [-0.2, 0) is 12.8 Å². The predicted octanol–water partition coefficient (Wildman–Crippen LogP) is 2.95. The molecule has 6 rings (SSSR count). The Morgan fingerprint density at radius 3 is 2.72 bits per heavy atom. The summed E-state index contributed by atoms with van der Waals surface area (Å²) in [6.07, 6.45) is 3.29. The molecule has 4 heterocycles. The van der Waals surface area contributed by atoms with Crippen molar-refractivity contribution in [1.29, 1.82) is 0 Å². The first-order chi connectivity index (χ1) is 15.8. The first-order valence-corrected chi connectivity index (χ1v) is 11.1. The van der Waals surface area contributed by atoms with E-state index >= 15 is 0 Å². The Bertz CT molecular complexity index is 1300. The number of aliphatic hydroxyl groups is 1. The van der Waals surface area contributed by atoms with Gasteiger partial charge in [0.15, 0.2) is 5.65 Å². The van der Waals surface area contributed by atoms with E-state index < -0.39 is 6.23 Å². The summed E-state index contributed by atoms with van der Waals surface area (Å²) in [5.74, 6) is 0.686. The zero-order valence-corrected chi connectivity index (χ0v) is 17.7. The van der Waals surface area contributed by atoms with Crippen LogP contribution in [0.25, 0.3) is 33.4 Å². The van der Waals surface area contributed by atoms with Crippen LogP contribution < -0.4 is 15.4 Å². The second-order valence-corrected chi connectivity index (χ2v) is 8.38. The number of nitrogens with one attached hydrogen (secondary N) is 3. The van der Waals surface area contributed by atoms with Crippen LogP contribution in [0.3, 0.4) is 0 Å². The Morgan fingerprint density at radius 2 is 1.78 bits per heavy atom. The number of aromatic nitrogens is 3. The molecule has 32 heavy (non-hydrogen) atoms. The molecule has 1 unspecified atom stereocenters. The third kappa shape index (κ3) is 3.44. The van der Waals surface area contributed by atoms with E-state index in [1.807, 2.05) is 24.4 Å². The number of ether oxygens (including phenoxy) is 1. The van der Waals surface area contributed by atoms with Gasteiger partial charge >= 0.3 is 0 Å². The minimum absolute atomic E-state index is 0.511. The van der Waals surface area contributed by atoms with E-state index in [2.05, 4.69) is 50.1 Å². The van der Waals surface area contributed by atoms with Gasteiger partial charge in [-0.1, -0.05) is 30.3 Å². The SMILES string of the molecule is OC1NCCOc2cc(-c3[nH]nc4ncc(-c5ccc6c(c5)CCNCC6)cc34)ccc21. The molecule has 0 bridgehead atoms. The Morgan fingerprint density at radius 1 is 0.906 bits per heavy atom. The molecule has 2 aliphatic rings. The third-order valence-electron chi connectivity index (χ3n) is 6.39. The van der Waals surface area contributed by atoms with Crippen LogP contribution in [0.4, 0.5) is 0 Å². The number of nitrogens with zero attached hydrogens (tertiary/aromatic N) is 2. The van der Waals surface area contributed by atoms with Crippen LogP contribution >= 0.6 is 0 Å². The quantitative estimate of drug-likeness (QED) is 0.393. The molecule has 0 radical (unpaired) electrons. The molecule has 0 amide bonds. The molecule has 4 N–H and O–H groups in total. The molecule has 162 valence electrons. The summed E-state index contributed by atoms with van der Waals surface area (Å²) in [6, 6.07) is 14.7. The first-order valence-electron chi connectivity index (χ1n) is 11.1. The van der Waals surface area contributed by atoms with Crippen LogP contribution in [-0.4, -0.2) is 46.5 Å². The van der Waals surface area contributed by atoms with E-state index in [1.54, 1.807) is 0 Å². The van der Waals surface area contributed by atoms with E-state index in [1.165, 1.54) is 16.7 Å². The molecular formula is C25H25N5O2. The van der Waals surface area contributed by atoms with Gasteiger partial charge in [0.25, 0.3) is 0 Å². The largest absolute Gasteiger partial charge is 0.492 e. The Balaban J connectivity index is 1.41. The average Bonchev–Trinajstić information content (AvgIpc) is 2.97. The number of H-pyrrole nitrogens is 1. The number of benzene rings is 2. The third-order valence-corrected chi connectivity index (χ3v) is 6.39. The molecule has 0 saturated carbocycles. The minimum Gasteiger partial charge on any atom is -0.492 e. The van der Waals surface area contributed by atoms with Gasteiger partial charge in [-0.3, -0.25) is 10.4 Å². The van der Waals surface area contributed by atoms with Gasteiger partial charge in [-0.05, 0) is 54.8 Å². The lowest BCUT2D eigenvalue weighted by atomic mass is 9.96. The molecule has 0 fully saturated rings. The zero-order chi connectivity index (χ0) is 21.5. The van der Waals surface area contributed by atoms with Crippen molar-refractivity contribution in [2.24, 2.45) is 0 Å². The van der Waals surface area contributed by atoms with Crippen molar-refractivity contribution in [2.75, 3.05) is 26.2 Å². The average molecular weight is 428 g/mol. The van der Waals surface area contributed by atoms with E-state index in [0.29, 0.717) is 24.5 Å². The van der Waals surface area contributed by atoms with Crippen molar-refractivity contribution in [3.8, 4) is 28.1 Å². The van der Waals surface area contributed by atoms with E-state index in [9.17, 15) is 5.11 Å². The summed E-state index contributed by atoms with van der Waals surface area (Å²) in [4.78, 5) is 4.61. The summed E-state index contributed by atoms with van der Waals surface area (Å²) in [7, 11) is 0. The molecule has 2 aromatic carbocycles. The highest BCUT2D eigenvalue weighted by molar-refractivity contribution is 5.93. The van der Waals surface area contributed by atoms with Gasteiger partial charge in [0.1, 0.15) is 18.6 Å². The lowest BCUT2D eigenvalue weighted by Gasteiger charge is -2.12. The maximum atomic E-state index is 10.3. The summed E-state index contributed by atoms with van der Waals surface area (Å²) >= 11 is 0. The molecule has 0 spiro atoms. The lowest BCUT2D eigenvalue weighted by molar-refractivity contribution is 0.143. The number of hydrogen-bond acceptors (Lipinski definition) is 6. The monoisotopic (exact) mass is 427 g/mol. The van der Waals surface area contributed by atoms with Crippen molar-refractivity contribution < 1.29 is 9.84 Å². The number of rotatable bonds is 2.